The van der Waals surface area contributed by atoms with Crippen LogP contribution in [-0.4, -0.2) is 22.8 Å². The quantitative estimate of drug-likeness (QED) is 0.615. The van der Waals surface area contributed by atoms with E-state index in [0.717, 1.165) is 0 Å². The van der Waals surface area contributed by atoms with Gasteiger partial charge in [0.2, 0.25) is 0 Å². The lowest BCUT2D eigenvalue weighted by Crippen LogP contribution is -2.31. The first kappa shape index (κ1) is 10.4. The molecule has 0 fully saturated rings. The van der Waals surface area contributed by atoms with Gasteiger partial charge in [-0.25, -0.2) is 4.79 Å². The molecule has 0 amide bonds. The topological polar surface area (TPSA) is 46.5 Å². The number of esters is 1. The molecule has 0 aromatic heterocycles. The molecular formula is C8H16O3. The summed E-state index contributed by atoms with van der Waals surface area (Å²) in [6.07, 6.45) is -0.580. The lowest BCUT2D eigenvalue weighted by molar-refractivity contribution is -0.165. The maximum Gasteiger partial charge on any atom is 0.335 e. The third-order valence-electron chi connectivity index (χ3n) is 1.07. The molecule has 0 saturated carbocycles. The Labute approximate surface area is 67.4 Å². The van der Waals surface area contributed by atoms with E-state index in [1.165, 1.54) is 0 Å². The molecule has 0 aliphatic heterocycles. The van der Waals surface area contributed by atoms with Crippen LogP contribution in [0.2, 0.25) is 0 Å². The highest BCUT2D eigenvalue weighted by Gasteiger charge is 2.21. The van der Waals surface area contributed by atoms with Crippen molar-refractivity contribution in [3.05, 3.63) is 0 Å². The smallest absolute Gasteiger partial charge is 0.335 e. The molecule has 0 unspecified atom stereocenters. The Balaban J connectivity index is 3.88. The van der Waals surface area contributed by atoms with Crippen molar-refractivity contribution in [2.75, 3.05) is 0 Å². The highest BCUT2D eigenvalue weighted by Crippen LogP contribution is 2.09. The number of ether oxygens (including phenoxy) is 1. The summed E-state index contributed by atoms with van der Waals surface area (Å²) in [7, 11) is 0. The van der Waals surface area contributed by atoms with Crippen LogP contribution in [0.1, 0.15) is 34.1 Å². The van der Waals surface area contributed by atoms with Crippen LogP contribution < -0.4 is 0 Å². The van der Waals surface area contributed by atoms with E-state index < -0.39 is 17.7 Å². The van der Waals surface area contributed by atoms with Crippen molar-refractivity contribution >= 4 is 5.97 Å². The van der Waals surface area contributed by atoms with Gasteiger partial charge in [-0.05, 0) is 27.2 Å². The third kappa shape index (κ3) is 4.79. The van der Waals surface area contributed by atoms with Crippen molar-refractivity contribution in [2.45, 2.75) is 45.8 Å². The summed E-state index contributed by atoms with van der Waals surface area (Å²) in [5.74, 6) is -0.542. The van der Waals surface area contributed by atoms with Gasteiger partial charge in [-0.15, -0.1) is 0 Å². The van der Waals surface area contributed by atoms with Gasteiger partial charge in [-0.1, -0.05) is 6.92 Å². The molecule has 0 aliphatic carbocycles. The van der Waals surface area contributed by atoms with Crippen LogP contribution >= 0.6 is 0 Å². The average molecular weight is 160 g/mol. The van der Waals surface area contributed by atoms with E-state index in [4.69, 9.17) is 9.84 Å². The largest absolute Gasteiger partial charge is 0.458 e. The summed E-state index contributed by atoms with van der Waals surface area (Å²) < 4.78 is 4.90. The molecule has 0 aliphatic rings. The van der Waals surface area contributed by atoms with Crippen LogP contribution in [0.3, 0.4) is 0 Å². The highest BCUT2D eigenvalue weighted by atomic mass is 16.6. The first-order valence-corrected chi connectivity index (χ1v) is 3.77. The molecular weight excluding hydrogens is 144 g/mol. The van der Waals surface area contributed by atoms with Crippen LogP contribution in [0.15, 0.2) is 0 Å². The van der Waals surface area contributed by atoms with Gasteiger partial charge >= 0.3 is 5.97 Å². The molecule has 3 nitrogen and oxygen atoms in total. The van der Waals surface area contributed by atoms with Gasteiger partial charge in [-0.3, -0.25) is 0 Å². The lowest BCUT2D eigenvalue weighted by Gasteiger charge is -2.21. The van der Waals surface area contributed by atoms with E-state index in [0.29, 0.717) is 6.42 Å². The van der Waals surface area contributed by atoms with Gasteiger partial charge in [0.15, 0.2) is 6.10 Å². The molecule has 0 aromatic carbocycles. The second kappa shape index (κ2) is 3.72. The zero-order chi connectivity index (χ0) is 9.07. The van der Waals surface area contributed by atoms with Gasteiger partial charge in [0, 0.05) is 0 Å². The van der Waals surface area contributed by atoms with Gasteiger partial charge < -0.3 is 9.84 Å². The molecule has 0 saturated heterocycles. The number of aliphatic hydroxyl groups excluding tert-OH is 1. The van der Waals surface area contributed by atoms with Crippen LogP contribution in [0.25, 0.3) is 0 Å². The summed E-state index contributed by atoms with van der Waals surface area (Å²) in [6, 6.07) is 0. The van der Waals surface area contributed by atoms with E-state index in [-0.39, 0.29) is 0 Å². The molecule has 0 bridgehead atoms. The Morgan fingerprint density at radius 3 is 2.27 bits per heavy atom. The molecule has 3 heteroatoms. The van der Waals surface area contributed by atoms with Crippen molar-refractivity contribution in [1.29, 1.82) is 0 Å². The summed E-state index contributed by atoms with van der Waals surface area (Å²) in [5.41, 5.74) is -0.507. The Hall–Kier alpha value is -0.570. The molecule has 0 radical (unpaired) electrons. The van der Waals surface area contributed by atoms with Crippen molar-refractivity contribution in [2.24, 2.45) is 0 Å². The van der Waals surface area contributed by atoms with E-state index >= 15 is 0 Å². The predicted molar refractivity (Wildman–Crippen MR) is 42.1 cm³/mol. The minimum atomic E-state index is -0.978. The Morgan fingerprint density at radius 1 is 1.55 bits per heavy atom. The van der Waals surface area contributed by atoms with Crippen molar-refractivity contribution in [3.8, 4) is 0 Å². The van der Waals surface area contributed by atoms with E-state index in [9.17, 15) is 4.79 Å². The minimum Gasteiger partial charge on any atom is -0.458 e. The zero-order valence-electron chi connectivity index (χ0n) is 7.55. The number of rotatable bonds is 2. The Kier molecular flexibility index (Phi) is 3.52. The van der Waals surface area contributed by atoms with Gasteiger partial charge in [0.05, 0.1) is 0 Å². The van der Waals surface area contributed by atoms with Crippen molar-refractivity contribution < 1.29 is 14.6 Å². The lowest BCUT2D eigenvalue weighted by atomic mass is 10.2. The van der Waals surface area contributed by atoms with E-state index in [2.05, 4.69) is 0 Å². The number of hydrogen-bond acceptors (Lipinski definition) is 3. The van der Waals surface area contributed by atoms with Crippen LogP contribution in [0, 0.1) is 0 Å². The molecule has 66 valence electrons. The molecule has 0 heterocycles. The summed E-state index contributed by atoms with van der Waals surface area (Å²) in [6.45, 7) is 7.04. The standard InChI is InChI=1S/C8H16O3/c1-5-6(9)7(10)11-8(2,3)4/h6,9H,5H2,1-4H3/t6-/m0/s1. The fourth-order valence-electron chi connectivity index (χ4n) is 0.536. The fourth-order valence-corrected chi connectivity index (χ4v) is 0.536. The van der Waals surface area contributed by atoms with E-state index in [1.807, 2.05) is 0 Å². The Morgan fingerprint density at radius 2 is 2.00 bits per heavy atom. The minimum absolute atomic E-state index is 0.398. The average Bonchev–Trinajstić information content (AvgIpc) is 1.82. The second-order valence-electron chi connectivity index (χ2n) is 3.46. The van der Waals surface area contributed by atoms with Gasteiger partial charge in [0.1, 0.15) is 5.60 Å². The fraction of sp³-hybridized carbons (Fsp3) is 0.875. The molecule has 0 spiro atoms. The predicted octanol–water partition coefficient (Wildman–Crippen LogP) is 1.10. The van der Waals surface area contributed by atoms with Crippen LogP contribution in [0.4, 0.5) is 0 Å². The monoisotopic (exact) mass is 160 g/mol. The molecule has 1 N–H and O–H groups in total. The van der Waals surface area contributed by atoms with Crippen molar-refractivity contribution in [1.82, 2.24) is 0 Å². The first-order valence-electron chi connectivity index (χ1n) is 3.77. The van der Waals surface area contributed by atoms with Gasteiger partial charge in [-0.2, -0.15) is 0 Å². The maximum absolute atomic E-state index is 10.9. The maximum atomic E-state index is 10.9. The summed E-state index contributed by atoms with van der Waals surface area (Å²) >= 11 is 0. The van der Waals surface area contributed by atoms with Crippen LogP contribution in [0.5, 0.6) is 0 Å². The van der Waals surface area contributed by atoms with Gasteiger partial charge in [0.25, 0.3) is 0 Å². The number of carbonyl (C=O) groups excluding carboxylic acids is 1. The molecule has 11 heavy (non-hydrogen) atoms. The number of aliphatic hydroxyl groups is 1. The SMILES string of the molecule is CC[C@H](O)C(=O)OC(C)(C)C. The Bertz CT molecular complexity index is 135. The summed E-state index contributed by atoms with van der Waals surface area (Å²) in [4.78, 5) is 10.9. The summed E-state index contributed by atoms with van der Waals surface area (Å²) in [5, 5.41) is 9.02. The number of hydrogen-bond donors (Lipinski definition) is 1. The number of carbonyl (C=O) groups is 1. The second-order valence-corrected chi connectivity index (χ2v) is 3.46. The van der Waals surface area contributed by atoms with Crippen LogP contribution in [-0.2, 0) is 9.53 Å². The highest BCUT2D eigenvalue weighted by molar-refractivity contribution is 5.74. The molecule has 0 aromatic rings. The zero-order valence-corrected chi connectivity index (χ0v) is 7.55. The molecule has 0 rings (SSSR count). The van der Waals surface area contributed by atoms with Crippen molar-refractivity contribution in [3.63, 3.8) is 0 Å². The van der Waals surface area contributed by atoms with E-state index in [1.54, 1.807) is 27.7 Å². The molecule has 1 atom stereocenters. The third-order valence-corrected chi connectivity index (χ3v) is 1.07. The normalized spacial score (nSPS) is 14.3. The first-order chi connectivity index (χ1) is 4.87.